The van der Waals surface area contributed by atoms with E-state index in [0.717, 1.165) is 13.0 Å². The van der Waals surface area contributed by atoms with Crippen molar-refractivity contribution in [3.05, 3.63) is 29.6 Å². The first-order valence-corrected chi connectivity index (χ1v) is 6.67. The van der Waals surface area contributed by atoms with Crippen LogP contribution in [-0.4, -0.2) is 42.9 Å². The van der Waals surface area contributed by atoms with E-state index in [2.05, 4.69) is 10.6 Å². The summed E-state index contributed by atoms with van der Waals surface area (Å²) in [6.07, 6.45) is 0.775. The Morgan fingerprint density at radius 3 is 3.10 bits per heavy atom. The van der Waals surface area contributed by atoms with Crippen molar-refractivity contribution in [2.45, 2.75) is 25.4 Å². The van der Waals surface area contributed by atoms with E-state index in [9.17, 15) is 9.18 Å². The minimum atomic E-state index is -1.07. The average Bonchev–Trinajstić information content (AvgIpc) is 2.42. The summed E-state index contributed by atoms with van der Waals surface area (Å²) in [4.78, 5) is 10.9. The maximum absolute atomic E-state index is 13.7. The van der Waals surface area contributed by atoms with Crippen LogP contribution in [0.15, 0.2) is 18.2 Å². The van der Waals surface area contributed by atoms with Crippen molar-refractivity contribution < 1.29 is 19.0 Å². The first-order chi connectivity index (χ1) is 9.56. The summed E-state index contributed by atoms with van der Waals surface area (Å²) in [5, 5.41) is 15.3. The van der Waals surface area contributed by atoms with Gasteiger partial charge in [0, 0.05) is 18.6 Å². The summed E-state index contributed by atoms with van der Waals surface area (Å²) in [7, 11) is 0. The van der Waals surface area contributed by atoms with Crippen LogP contribution < -0.4 is 10.6 Å². The van der Waals surface area contributed by atoms with Crippen LogP contribution >= 0.6 is 0 Å². The number of halogens is 1. The maximum Gasteiger partial charge on any atom is 0.335 e. The Balaban J connectivity index is 1.97. The number of carboxylic acid groups (broad SMARTS) is 1. The van der Waals surface area contributed by atoms with E-state index < -0.39 is 11.8 Å². The number of carboxylic acids is 1. The van der Waals surface area contributed by atoms with Gasteiger partial charge in [-0.2, -0.15) is 0 Å². The number of anilines is 1. The molecule has 0 aliphatic carbocycles. The van der Waals surface area contributed by atoms with Gasteiger partial charge in [-0.25, -0.2) is 9.18 Å². The Bertz CT molecular complexity index is 475. The molecule has 1 aromatic rings. The number of hydrogen-bond acceptors (Lipinski definition) is 4. The average molecular weight is 282 g/mol. The minimum Gasteiger partial charge on any atom is -0.478 e. The van der Waals surface area contributed by atoms with Crippen LogP contribution in [0, 0.1) is 5.82 Å². The Hall–Kier alpha value is -1.66. The molecule has 2 rings (SSSR count). The number of hydrogen-bond donors (Lipinski definition) is 3. The lowest BCUT2D eigenvalue weighted by molar-refractivity contribution is 0.0697. The standard InChI is InChI=1S/C14H19FN2O3/c1-9(6-11-8-20-5-4-16-11)17-13-7-10(14(18)19)2-3-12(13)15/h2-3,7,9,11,16-17H,4-6,8H2,1H3,(H,18,19). The smallest absolute Gasteiger partial charge is 0.335 e. The highest BCUT2D eigenvalue weighted by Crippen LogP contribution is 2.18. The van der Waals surface area contributed by atoms with Crippen LogP contribution in [0.3, 0.4) is 0 Å². The molecule has 1 aliphatic rings. The lowest BCUT2D eigenvalue weighted by atomic mass is 10.1. The van der Waals surface area contributed by atoms with E-state index in [4.69, 9.17) is 9.84 Å². The van der Waals surface area contributed by atoms with E-state index in [1.165, 1.54) is 18.2 Å². The van der Waals surface area contributed by atoms with E-state index in [1.54, 1.807) is 0 Å². The van der Waals surface area contributed by atoms with Crippen LogP contribution in [-0.2, 0) is 4.74 Å². The number of carbonyl (C=O) groups is 1. The second-order valence-corrected chi connectivity index (χ2v) is 5.01. The van der Waals surface area contributed by atoms with Gasteiger partial charge in [0.05, 0.1) is 24.5 Å². The number of morpholine rings is 1. The molecular weight excluding hydrogens is 263 g/mol. The second-order valence-electron chi connectivity index (χ2n) is 5.01. The lowest BCUT2D eigenvalue weighted by Gasteiger charge is -2.27. The number of nitrogens with one attached hydrogen (secondary N) is 2. The number of rotatable bonds is 5. The van der Waals surface area contributed by atoms with Crippen LogP contribution in [0.25, 0.3) is 0 Å². The highest BCUT2D eigenvalue weighted by Gasteiger charge is 2.17. The fourth-order valence-electron chi connectivity index (χ4n) is 2.29. The fourth-order valence-corrected chi connectivity index (χ4v) is 2.29. The quantitative estimate of drug-likeness (QED) is 0.767. The molecule has 1 fully saturated rings. The van der Waals surface area contributed by atoms with Gasteiger partial charge in [0.25, 0.3) is 0 Å². The van der Waals surface area contributed by atoms with Crippen molar-refractivity contribution in [1.29, 1.82) is 0 Å². The van der Waals surface area contributed by atoms with E-state index in [1.807, 2.05) is 6.92 Å². The van der Waals surface area contributed by atoms with Crippen LogP contribution in [0.4, 0.5) is 10.1 Å². The molecule has 1 aromatic carbocycles. The predicted molar refractivity (Wildman–Crippen MR) is 73.7 cm³/mol. The Morgan fingerprint density at radius 2 is 2.45 bits per heavy atom. The Kier molecular flexibility index (Phi) is 4.92. The third-order valence-electron chi connectivity index (χ3n) is 3.25. The van der Waals surface area contributed by atoms with Gasteiger partial charge >= 0.3 is 5.97 Å². The second kappa shape index (κ2) is 6.67. The van der Waals surface area contributed by atoms with Crippen molar-refractivity contribution in [3.63, 3.8) is 0 Å². The van der Waals surface area contributed by atoms with Gasteiger partial charge < -0.3 is 20.5 Å². The molecule has 1 heterocycles. The summed E-state index contributed by atoms with van der Waals surface area (Å²) in [5.74, 6) is -1.52. The topological polar surface area (TPSA) is 70.6 Å². The molecule has 0 radical (unpaired) electrons. The molecule has 1 saturated heterocycles. The largest absolute Gasteiger partial charge is 0.478 e. The lowest BCUT2D eigenvalue weighted by Crippen LogP contribution is -2.43. The first kappa shape index (κ1) is 14.7. The summed E-state index contributed by atoms with van der Waals surface area (Å²) in [6, 6.07) is 3.98. The zero-order valence-electron chi connectivity index (χ0n) is 11.4. The molecule has 110 valence electrons. The summed E-state index contributed by atoms with van der Waals surface area (Å²) >= 11 is 0. The highest BCUT2D eigenvalue weighted by atomic mass is 19.1. The van der Waals surface area contributed by atoms with Gasteiger partial charge in [0.2, 0.25) is 0 Å². The summed E-state index contributed by atoms with van der Waals surface area (Å²) in [6.45, 7) is 4.11. The molecule has 0 saturated carbocycles. The van der Waals surface area contributed by atoms with Crippen LogP contribution in [0.5, 0.6) is 0 Å². The fraction of sp³-hybridized carbons (Fsp3) is 0.500. The van der Waals surface area contributed by atoms with Gasteiger partial charge in [-0.1, -0.05) is 0 Å². The summed E-state index contributed by atoms with van der Waals surface area (Å²) < 4.78 is 19.0. The monoisotopic (exact) mass is 282 g/mol. The molecule has 0 amide bonds. The van der Waals surface area contributed by atoms with Crippen molar-refractivity contribution in [3.8, 4) is 0 Å². The predicted octanol–water partition coefficient (Wildman–Crippen LogP) is 1.70. The molecule has 5 nitrogen and oxygen atoms in total. The van der Waals surface area contributed by atoms with Gasteiger partial charge in [0.15, 0.2) is 0 Å². The molecule has 2 atom stereocenters. The molecule has 2 unspecified atom stereocenters. The number of ether oxygens (including phenoxy) is 1. The first-order valence-electron chi connectivity index (χ1n) is 6.67. The maximum atomic E-state index is 13.7. The normalized spacial score (nSPS) is 20.4. The van der Waals surface area contributed by atoms with Gasteiger partial charge in [-0.05, 0) is 31.5 Å². The number of aromatic carboxylic acids is 1. The molecule has 1 aliphatic heterocycles. The van der Waals surface area contributed by atoms with E-state index in [-0.39, 0.29) is 23.3 Å². The molecule has 0 aromatic heterocycles. The van der Waals surface area contributed by atoms with E-state index >= 15 is 0 Å². The van der Waals surface area contributed by atoms with Crippen LogP contribution in [0.1, 0.15) is 23.7 Å². The molecule has 3 N–H and O–H groups in total. The van der Waals surface area contributed by atoms with E-state index in [0.29, 0.717) is 13.2 Å². The van der Waals surface area contributed by atoms with Crippen molar-refractivity contribution in [2.24, 2.45) is 0 Å². The zero-order valence-corrected chi connectivity index (χ0v) is 11.4. The minimum absolute atomic E-state index is 0.00717. The van der Waals surface area contributed by atoms with Crippen LogP contribution in [0.2, 0.25) is 0 Å². The summed E-state index contributed by atoms with van der Waals surface area (Å²) in [5.41, 5.74) is 0.286. The van der Waals surface area contributed by atoms with Gasteiger partial charge in [0.1, 0.15) is 5.82 Å². The zero-order chi connectivity index (χ0) is 14.5. The number of benzene rings is 1. The molecular formula is C14H19FN2O3. The van der Waals surface area contributed by atoms with Crippen molar-refractivity contribution in [1.82, 2.24) is 5.32 Å². The molecule has 6 heteroatoms. The molecule has 0 bridgehead atoms. The third kappa shape index (κ3) is 3.91. The third-order valence-corrected chi connectivity index (χ3v) is 3.25. The Labute approximate surface area is 117 Å². The van der Waals surface area contributed by atoms with Crippen molar-refractivity contribution >= 4 is 11.7 Å². The molecule has 20 heavy (non-hydrogen) atoms. The van der Waals surface area contributed by atoms with Gasteiger partial charge in [-0.3, -0.25) is 0 Å². The van der Waals surface area contributed by atoms with Crippen molar-refractivity contribution in [2.75, 3.05) is 25.1 Å². The SMILES string of the molecule is CC(CC1COCCN1)Nc1cc(C(=O)O)ccc1F. The van der Waals surface area contributed by atoms with Gasteiger partial charge in [-0.15, -0.1) is 0 Å². The highest BCUT2D eigenvalue weighted by molar-refractivity contribution is 5.88. The molecule has 0 spiro atoms. The Morgan fingerprint density at radius 1 is 1.65 bits per heavy atom.